The Bertz CT molecular complexity index is 1210. The molecule has 0 saturated heterocycles. The van der Waals surface area contributed by atoms with Crippen molar-refractivity contribution >= 4 is 11.6 Å². The van der Waals surface area contributed by atoms with E-state index in [9.17, 15) is 4.79 Å². The van der Waals surface area contributed by atoms with Gasteiger partial charge in [0.15, 0.2) is 5.82 Å². The topological polar surface area (TPSA) is 98.7 Å². The van der Waals surface area contributed by atoms with Gasteiger partial charge in [0.25, 0.3) is 5.91 Å². The highest BCUT2D eigenvalue weighted by Crippen LogP contribution is 2.24. The SMILES string of the molecule is Cc1cc(C)n(-c2ccc(C(=O)Nc3ccc(-c4noc(C(C)(C)C)n4)cc3)cn2)n1. The van der Waals surface area contributed by atoms with Crippen molar-refractivity contribution in [3.05, 3.63) is 71.5 Å². The lowest BCUT2D eigenvalue weighted by atomic mass is 9.97. The van der Waals surface area contributed by atoms with Crippen molar-refractivity contribution in [2.24, 2.45) is 0 Å². The smallest absolute Gasteiger partial charge is 0.257 e. The van der Waals surface area contributed by atoms with Crippen molar-refractivity contribution in [3.63, 3.8) is 0 Å². The van der Waals surface area contributed by atoms with Crippen LogP contribution in [0.2, 0.25) is 0 Å². The molecule has 0 aliphatic carbocycles. The van der Waals surface area contributed by atoms with Gasteiger partial charge >= 0.3 is 0 Å². The molecule has 0 spiro atoms. The van der Waals surface area contributed by atoms with Crippen molar-refractivity contribution in [1.82, 2.24) is 24.9 Å². The van der Waals surface area contributed by atoms with E-state index in [1.165, 1.54) is 0 Å². The summed E-state index contributed by atoms with van der Waals surface area (Å²) in [7, 11) is 0. The number of aryl methyl sites for hydroxylation is 2. The summed E-state index contributed by atoms with van der Waals surface area (Å²) in [6, 6.07) is 12.8. The van der Waals surface area contributed by atoms with E-state index in [0.717, 1.165) is 17.0 Å². The van der Waals surface area contributed by atoms with Crippen LogP contribution in [0.3, 0.4) is 0 Å². The van der Waals surface area contributed by atoms with Crippen LogP contribution in [0.1, 0.15) is 48.4 Å². The Hall–Kier alpha value is -3.81. The molecule has 31 heavy (non-hydrogen) atoms. The molecule has 1 amide bonds. The van der Waals surface area contributed by atoms with Gasteiger partial charge in [-0.05, 0) is 56.3 Å². The van der Waals surface area contributed by atoms with Gasteiger partial charge in [-0.3, -0.25) is 4.79 Å². The Balaban J connectivity index is 1.45. The van der Waals surface area contributed by atoms with Gasteiger partial charge in [0.2, 0.25) is 11.7 Å². The number of nitrogens with zero attached hydrogens (tertiary/aromatic N) is 5. The fourth-order valence-corrected chi connectivity index (χ4v) is 3.06. The Labute approximate surface area is 180 Å². The molecule has 4 rings (SSSR count). The molecule has 3 aromatic heterocycles. The highest BCUT2D eigenvalue weighted by molar-refractivity contribution is 6.04. The molecule has 0 bridgehead atoms. The number of hydrogen-bond donors (Lipinski definition) is 1. The number of hydrogen-bond acceptors (Lipinski definition) is 6. The zero-order valence-corrected chi connectivity index (χ0v) is 18.2. The van der Waals surface area contributed by atoms with Gasteiger partial charge in [-0.1, -0.05) is 25.9 Å². The number of nitrogens with one attached hydrogen (secondary N) is 1. The molecule has 3 heterocycles. The van der Waals surface area contributed by atoms with Crippen LogP contribution < -0.4 is 5.32 Å². The molecule has 0 saturated carbocycles. The average Bonchev–Trinajstić information content (AvgIpc) is 3.35. The van der Waals surface area contributed by atoms with Crippen LogP contribution in [0.5, 0.6) is 0 Å². The molecule has 4 aromatic rings. The minimum absolute atomic E-state index is 0.211. The lowest BCUT2D eigenvalue weighted by Crippen LogP contribution is -2.13. The van der Waals surface area contributed by atoms with Gasteiger partial charge < -0.3 is 9.84 Å². The van der Waals surface area contributed by atoms with E-state index in [-0.39, 0.29) is 11.3 Å². The summed E-state index contributed by atoms with van der Waals surface area (Å²) in [5, 5.41) is 11.3. The maximum Gasteiger partial charge on any atom is 0.257 e. The summed E-state index contributed by atoms with van der Waals surface area (Å²) in [4.78, 5) is 21.4. The first kappa shape index (κ1) is 20.5. The number of anilines is 1. The van der Waals surface area contributed by atoms with Gasteiger partial charge in [-0.25, -0.2) is 9.67 Å². The monoisotopic (exact) mass is 416 g/mol. The summed E-state index contributed by atoms with van der Waals surface area (Å²) < 4.78 is 7.09. The number of pyridine rings is 1. The van der Waals surface area contributed by atoms with Gasteiger partial charge in [0.1, 0.15) is 0 Å². The fraction of sp³-hybridized carbons (Fsp3) is 0.261. The molecule has 158 valence electrons. The minimum Gasteiger partial charge on any atom is -0.338 e. The number of rotatable bonds is 4. The first-order valence-corrected chi connectivity index (χ1v) is 9.96. The lowest BCUT2D eigenvalue weighted by molar-refractivity contribution is 0.102. The molecule has 0 atom stereocenters. The quantitative estimate of drug-likeness (QED) is 0.526. The van der Waals surface area contributed by atoms with Crippen LogP contribution >= 0.6 is 0 Å². The number of aromatic nitrogens is 5. The third-order valence-electron chi connectivity index (χ3n) is 4.71. The van der Waals surface area contributed by atoms with Crippen LogP contribution in [0, 0.1) is 13.8 Å². The predicted octanol–water partition coefficient (Wildman–Crippen LogP) is 4.48. The second kappa shape index (κ2) is 7.79. The molecule has 8 nitrogen and oxygen atoms in total. The molecule has 0 aliphatic heterocycles. The van der Waals surface area contributed by atoms with Crippen molar-refractivity contribution in [2.45, 2.75) is 40.0 Å². The van der Waals surface area contributed by atoms with Crippen molar-refractivity contribution in [3.8, 4) is 17.2 Å². The maximum atomic E-state index is 12.6. The number of amides is 1. The van der Waals surface area contributed by atoms with E-state index in [4.69, 9.17) is 4.52 Å². The highest BCUT2D eigenvalue weighted by Gasteiger charge is 2.22. The largest absolute Gasteiger partial charge is 0.338 e. The van der Waals surface area contributed by atoms with E-state index in [0.29, 0.717) is 28.8 Å². The summed E-state index contributed by atoms with van der Waals surface area (Å²) in [5.74, 6) is 1.53. The normalized spacial score (nSPS) is 11.5. The second-order valence-corrected chi connectivity index (χ2v) is 8.45. The summed E-state index contributed by atoms with van der Waals surface area (Å²) >= 11 is 0. The standard InChI is InChI=1S/C23H24N6O2/c1-14-12-15(2)29(27-14)19-11-8-17(13-24-19)21(30)25-18-9-6-16(7-10-18)20-26-22(31-28-20)23(3,4)5/h6-13H,1-5H3,(H,25,30). The van der Waals surface area contributed by atoms with Gasteiger partial charge in [0.05, 0.1) is 11.3 Å². The van der Waals surface area contributed by atoms with E-state index < -0.39 is 0 Å². The molecule has 0 radical (unpaired) electrons. The van der Waals surface area contributed by atoms with Crippen LogP contribution in [-0.4, -0.2) is 30.8 Å². The Kier molecular flexibility index (Phi) is 5.14. The van der Waals surface area contributed by atoms with Crippen molar-refractivity contribution < 1.29 is 9.32 Å². The summed E-state index contributed by atoms with van der Waals surface area (Å²) in [5.41, 5.74) is 3.63. The molecule has 1 aromatic carbocycles. The fourth-order valence-electron chi connectivity index (χ4n) is 3.06. The molecule has 0 fully saturated rings. The third kappa shape index (κ3) is 4.37. The van der Waals surface area contributed by atoms with E-state index in [1.807, 2.05) is 52.8 Å². The van der Waals surface area contributed by atoms with Crippen LogP contribution in [-0.2, 0) is 5.41 Å². The van der Waals surface area contributed by atoms with Gasteiger partial charge in [0, 0.05) is 28.6 Å². The van der Waals surface area contributed by atoms with Crippen LogP contribution in [0.25, 0.3) is 17.2 Å². The first-order chi connectivity index (χ1) is 14.7. The van der Waals surface area contributed by atoms with E-state index in [2.05, 4.69) is 25.5 Å². The highest BCUT2D eigenvalue weighted by atomic mass is 16.5. The maximum absolute atomic E-state index is 12.6. The van der Waals surface area contributed by atoms with E-state index >= 15 is 0 Å². The molecule has 1 N–H and O–H groups in total. The lowest BCUT2D eigenvalue weighted by Gasteiger charge is -2.10. The molecule has 8 heteroatoms. The molecular formula is C23H24N6O2. The number of carbonyl (C=O) groups is 1. The summed E-state index contributed by atoms with van der Waals surface area (Å²) in [6.07, 6.45) is 1.54. The van der Waals surface area contributed by atoms with Crippen LogP contribution in [0.15, 0.2) is 53.2 Å². The Morgan fingerprint density at radius 3 is 2.35 bits per heavy atom. The second-order valence-electron chi connectivity index (χ2n) is 8.45. The van der Waals surface area contributed by atoms with Crippen LogP contribution in [0.4, 0.5) is 5.69 Å². The minimum atomic E-state index is -0.241. The Morgan fingerprint density at radius 1 is 1.06 bits per heavy atom. The zero-order chi connectivity index (χ0) is 22.2. The predicted molar refractivity (Wildman–Crippen MR) is 117 cm³/mol. The number of carbonyl (C=O) groups excluding carboxylic acids is 1. The van der Waals surface area contributed by atoms with E-state index in [1.54, 1.807) is 35.1 Å². The van der Waals surface area contributed by atoms with Gasteiger partial charge in [-0.2, -0.15) is 10.1 Å². The molecular weight excluding hydrogens is 392 g/mol. The third-order valence-corrected chi connectivity index (χ3v) is 4.71. The first-order valence-electron chi connectivity index (χ1n) is 9.96. The average molecular weight is 416 g/mol. The summed E-state index contributed by atoms with van der Waals surface area (Å²) in [6.45, 7) is 9.94. The Morgan fingerprint density at radius 2 is 1.81 bits per heavy atom. The molecule has 0 aliphatic rings. The zero-order valence-electron chi connectivity index (χ0n) is 18.2. The van der Waals surface area contributed by atoms with Crippen molar-refractivity contribution in [1.29, 1.82) is 0 Å². The molecule has 0 unspecified atom stereocenters. The van der Waals surface area contributed by atoms with Gasteiger partial charge in [-0.15, -0.1) is 0 Å². The number of benzene rings is 1. The van der Waals surface area contributed by atoms with Crippen molar-refractivity contribution in [2.75, 3.05) is 5.32 Å².